The van der Waals surface area contributed by atoms with Gasteiger partial charge in [0.05, 0.1) is 18.8 Å². The molecule has 0 radical (unpaired) electrons. The largest absolute Gasteiger partial charge is 0.396 e. The van der Waals surface area contributed by atoms with Gasteiger partial charge in [-0.15, -0.1) is 0 Å². The van der Waals surface area contributed by atoms with Crippen LogP contribution in [-0.4, -0.2) is 109 Å². The Morgan fingerprint density at radius 2 is 1.35 bits per heavy atom. The molecule has 1 aliphatic heterocycles. The number of rotatable bonds is 4. The second-order valence-electron chi connectivity index (χ2n) is 6.02. The van der Waals surface area contributed by atoms with Gasteiger partial charge in [-0.2, -0.15) is 0 Å². The van der Waals surface area contributed by atoms with E-state index in [1.54, 1.807) is 0 Å². The summed E-state index contributed by atoms with van der Waals surface area (Å²) in [5, 5.41) is 77.1. The first-order chi connectivity index (χ1) is 10.8. The summed E-state index contributed by atoms with van der Waals surface area (Å²) >= 11 is 0. The summed E-state index contributed by atoms with van der Waals surface area (Å²) in [5.74, 6) is -0.747. The van der Waals surface area contributed by atoms with Gasteiger partial charge in [-0.1, -0.05) is 0 Å². The zero-order valence-electron chi connectivity index (χ0n) is 12.3. The lowest BCUT2D eigenvalue weighted by Gasteiger charge is -2.44. The first-order valence-electron chi connectivity index (χ1n) is 7.42. The van der Waals surface area contributed by atoms with Gasteiger partial charge in [0.15, 0.2) is 6.29 Å². The molecule has 23 heavy (non-hydrogen) atoms. The minimum atomic E-state index is -1.64. The molecule has 1 saturated carbocycles. The molecule has 0 aromatic rings. The summed E-state index contributed by atoms with van der Waals surface area (Å²) in [4.78, 5) is 0. The molecule has 1 aliphatic carbocycles. The molecule has 0 aromatic heterocycles. The van der Waals surface area contributed by atoms with Crippen LogP contribution in [0.1, 0.15) is 6.42 Å². The van der Waals surface area contributed by atoms with Crippen LogP contribution in [0, 0.1) is 5.92 Å². The number of aliphatic hydroxyl groups is 8. The molecule has 0 amide bonds. The van der Waals surface area contributed by atoms with Crippen LogP contribution >= 0.6 is 0 Å². The van der Waals surface area contributed by atoms with Crippen molar-refractivity contribution < 1.29 is 50.3 Å². The molecule has 0 spiro atoms. The van der Waals surface area contributed by atoms with Crippen LogP contribution in [0.5, 0.6) is 0 Å². The molecule has 2 rings (SSSR count). The zero-order valence-corrected chi connectivity index (χ0v) is 12.3. The SMILES string of the molecule is OC[C@H]1C[C@H](O[C@H]2O[C@H](CO)[C@@H](O)[C@H](O)[C@H]2O)[C@H](O)[C@@H](O)[C@@H]1O. The quantitative estimate of drug-likeness (QED) is 0.247. The van der Waals surface area contributed by atoms with Crippen molar-refractivity contribution in [2.45, 2.75) is 61.5 Å². The lowest BCUT2D eigenvalue weighted by molar-refractivity contribution is -0.326. The second-order valence-corrected chi connectivity index (χ2v) is 6.02. The van der Waals surface area contributed by atoms with E-state index in [4.69, 9.17) is 14.6 Å². The van der Waals surface area contributed by atoms with E-state index < -0.39 is 74.3 Å². The Hall–Kier alpha value is -0.400. The van der Waals surface area contributed by atoms with E-state index in [0.29, 0.717) is 0 Å². The highest BCUT2D eigenvalue weighted by atomic mass is 16.7. The standard InChI is InChI=1S/C13H24O10/c14-2-4-1-5(8(17)10(19)7(4)16)22-13-12(21)11(20)9(18)6(3-15)23-13/h4-21H,1-3H2/t4-,5+,6-,7-,8+,9-,10+,11+,12-,13+/m1/s1. The van der Waals surface area contributed by atoms with Gasteiger partial charge in [0.25, 0.3) is 0 Å². The molecule has 0 bridgehead atoms. The Balaban J connectivity index is 2.07. The normalized spacial score (nSPS) is 51.7. The molecule has 2 fully saturated rings. The number of hydrogen-bond acceptors (Lipinski definition) is 10. The maximum atomic E-state index is 9.96. The van der Waals surface area contributed by atoms with Gasteiger partial charge in [0.1, 0.15) is 36.6 Å². The van der Waals surface area contributed by atoms with E-state index in [2.05, 4.69) is 0 Å². The number of hydrogen-bond donors (Lipinski definition) is 8. The minimum Gasteiger partial charge on any atom is -0.396 e. The van der Waals surface area contributed by atoms with Crippen molar-refractivity contribution in [1.82, 2.24) is 0 Å². The molecule has 10 nitrogen and oxygen atoms in total. The summed E-state index contributed by atoms with van der Waals surface area (Å²) in [6.45, 7) is -1.07. The fraction of sp³-hybridized carbons (Fsp3) is 1.00. The van der Waals surface area contributed by atoms with Gasteiger partial charge in [0, 0.05) is 12.5 Å². The molecule has 136 valence electrons. The molecular weight excluding hydrogens is 316 g/mol. The summed E-state index contributed by atoms with van der Waals surface area (Å²) in [5.41, 5.74) is 0. The van der Waals surface area contributed by atoms with Crippen LogP contribution in [0.3, 0.4) is 0 Å². The fourth-order valence-electron chi connectivity index (χ4n) is 2.95. The lowest BCUT2D eigenvalue weighted by Crippen LogP contribution is -2.62. The van der Waals surface area contributed by atoms with E-state index in [9.17, 15) is 35.7 Å². The minimum absolute atomic E-state index is 0.0229. The Kier molecular flexibility index (Phi) is 6.30. The molecule has 8 N–H and O–H groups in total. The smallest absolute Gasteiger partial charge is 0.187 e. The lowest BCUT2D eigenvalue weighted by atomic mass is 9.81. The Morgan fingerprint density at radius 3 is 1.91 bits per heavy atom. The highest BCUT2D eigenvalue weighted by Crippen LogP contribution is 2.31. The van der Waals surface area contributed by atoms with E-state index in [0.717, 1.165) is 0 Å². The molecule has 1 heterocycles. The Morgan fingerprint density at radius 1 is 0.739 bits per heavy atom. The van der Waals surface area contributed by atoms with Crippen molar-refractivity contribution in [3.63, 3.8) is 0 Å². The van der Waals surface area contributed by atoms with Crippen molar-refractivity contribution in [2.75, 3.05) is 13.2 Å². The van der Waals surface area contributed by atoms with Crippen LogP contribution in [0.25, 0.3) is 0 Å². The Labute approximate surface area is 132 Å². The van der Waals surface area contributed by atoms with Gasteiger partial charge in [-0.05, 0) is 6.42 Å². The van der Waals surface area contributed by atoms with Gasteiger partial charge in [0.2, 0.25) is 0 Å². The van der Waals surface area contributed by atoms with Crippen LogP contribution < -0.4 is 0 Å². The van der Waals surface area contributed by atoms with Gasteiger partial charge in [-0.3, -0.25) is 0 Å². The van der Waals surface area contributed by atoms with Crippen LogP contribution in [-0.2, 0) is 9.47 Å². The van der Waals surface area contributed by atoms with E-state index in [-0.39, 0.29) is 6.42 Å². The van der Waals surface area contributed by atoms with Crippen molar-refractivity contribution >= 4 is 0 Å². The second kappa shape index (κ2) is 7.66. The first-order valence-corrected chi connectivity index (χ1v) is 7.42. The van der Waals surface area contributed by atoms with Crippen molar-refractivity contribution in [3.05, 3.63) is 0 Å². The van der Waals surface area contributed by atoms with E-state index in [1.807, 2.05) is 0 Å². The van der Waals surface area contributed by atoms with Crippen LogP contribution in [0.15, 0.2) is 0 Å². The first kappa shape index (κ1) is 18.9. The summed E-state index contributed by atoms with van der Waals surface area (Å²) in [6, 6.07) is 0. The molecule has 0 aromatic carbocycles. The van der Waals surface area contributed by atoms with Crippen molar-refractivity contribution in [2.24, 2.45) is 5.92 Å². The summed E-state index contributed by atoms with van der Waals surface area (Å²) in [7, 11) is 0. The topological polar surface area (TPSA) is 180 Å². The van der Waals surface area contributed by atoms with Crippen molar-refractivity contribution in [1.29, 1.82) is 0 Å². The van der Waals surface area contributed by atoms with E-state index in [1.165, 1.54) is 0 Å². The predicted molar refractivity (Wildman–Crippen MR) is 71.9 cm³/mol. The average Bonchev–Trinajstić information content (AvgIpc) is 2.55. The van der Waals surface area contributed by atoms with Gasteiger partial charge >= 0.3 is 0 Å². The maximum Gasteiger partial charge on any atom is 0.187 e. The van der Waals surface area contributed by atoms with E-state index >= 15 is 0 Å². The third-order valence-corrected chi connectivity index (χ3v) is 4.49. The maximum absolute atomic E-state index is 9.96. The van der Waals surface area contributed by atoms with Crippen LogP contribution in [0.4, 0.5) is 0 Å². The third-order valence-electron chi connectivity index (χ3n) is 4.49. The Bertz CT molecular complexity index is 344. The van der Waals surface area contributed by atoms with Crippen LogP contribution in [0.2, 0.25) is 0 Å². The number of aliphatic hydroxyl groups excluding tert-OH is 8. The van der Waals surface area contributed by atoms with Crippen molar-refractivity contribution in [3.8, 4) is 0 Å². The predicted octanol–water partition coefficient (Wildman–Crippen LogP) is -4.73. The summed E-state index contributed by atoms with van der Waals surface area (Å²) in [6.07, 6.45) is -12.9. The number of ether oxygens (including phenoxy) is 2. The molecule has 10 heteroatoms. The summed E-state index contributed by atoms with van der Waals surface area (Å²) < 4.78 is 10.5. The monoisotopic (exact) mass is 340 g/mol. The molecule has 1 saturated heterocycles. The van der Waals surface area contributed by atoms with Gasteiger partial charge < -0.3 is 50.3 Å². The fourth-order valence-corrected chi connectivity index (χ4v) is 2.95. The molecule has 10 atom stereocenters. The highest BCUT2D eigenvalue weighted by Gasteiger charge is 2.48. The molecule has 0 unspecified atom stereocenters. The van der Waals surface area contributed by atoms with Gasteiger partial charge in [-0.25, -0.2) is 0 Å². The zero-order chi connectivity index (χ0) is 17.3. The third kappa shape index (κ3) is 3.66. The highest BCUT2D eigenvalue weighted by molar-refractivity contribution is 4.95. The average molecular weight is 340 g/mol. The molecule has 2 aliphatic rings. The molecular formula is C13H24O10.